The van der Waals surface area contributed by atoms with Crippen molar-refractivity contribution in [1.29, 1.82) is 0 Å². The molecular formula is C21H14ClIN2O3. The molecule has 5 nitrogen and oxygen atoms in total. The highest BCUT2D eigenvalue weighted by molar-refractivity contribution is 14.1. The molecule has 7 heteroatoms. The molecule has 0 aromatic heterocycles. The number of nitrogens with one attached hydrogen (secondary N) is 1. The first-order valence-electron chi connectivity index (χ1n) is 8.19. The summed E-state index contributed by atoms with van der Waals surface area (Å²) in [7, 11) is 0. The summed E-state index contributed by atoms with van der Waals surface area (Å²) in [6.45, 7) is 0. The summed E-state index contributed by atoms with van der Waals surface area (Å²) < 4.78 is 6.16. The van der Waals surface area contributed by atoms with Crippen molar-refractivity contribution in [3.63, 3.8) is 0 Å². The first-order chi connectivity index (χ1) is 13.5. The van der Waals surface area contributed by atoms with Crippen LogP contribution in [0.15, 0.2) is 77.9 Å². The lowest BCUT2D eigenvalue weighted by molar-refractivity contribution is 0.0734. The first-order valence-corrected chi connectivity index (χ1v) is 9.64. The Kier molecular flexibility index (Phi) is 6.78. The van der Waals surface area contributed by atoms with Crippen molar-refractivity contribution in [2.75, 3.05) is 0 Å². The number of nitrogens with zero attached hydrogens (tertiary/aromatic N) is 1. The zero-order chi connectivity index (χ0) is 19.9. The van der Waals surface area contributed by atoms with Crippen LogP contribution < -0.4 is 10.2 Å². The molecule has 0 saturated carbocycles. The lowest BCUT2D eigenvalue weighted by atomic mass is 10.2. The topological polar surface area (TPSA) is 67.8 Å². The average molecular weight is 505 g/mol. The van der Waals surface area contributed by atoms with Crippen LogP contribution in [0, 0.1) is 3.57 Å². The van der Waals surface area contributed by atoms with E-state index < -0.39 is 5.97 Å². The second kappa shape index (κ2) is 9.48. The molecule has 1 N–H and O–H groups in total. The van der Waals surface area contributed by atoms with Crippen molar-refractivity contribution in [2.45, 2.75) is 0 Å². The Morgan fingerprint density at radius 3 is 2.32 bits per heavy atom. The molecule has 0 saturated heterocycles. The number of amides is 1. The highest BCUT2D eigenvalue weighted by Gasteiger charge is 2.09. The van der Waals surface area contributed by atoms with Crippen molar-refractivity contribution in [2.24, 2.45) is 5.10 Å². The van der Waals surface area contributed by atoms with Gasteiger partial charge in [0.25, 0.3) is 5.91 Å². The van der Waals surface area contributed by atoms with Crippen molar-refractivity contribution in [3.8, 4) is 5.75 Å². The van der Waals surface area contributed by atoms with E-state index in [9.17, 15) is 9.59 Å². The van der Waals surface area contributed by atoms with Gasteiger partial charge in [-0.15, -0.1) is 0 Å². The predicted octanol–water partition coefficient (Wildman–Crippen LogP) is 4.93. The number of ether oxygens (including phenoxy) is 1. The highest BCUT2D eigenvalue weighted by atomic mass is 127. The third-order valence-corrected chi connectivity index (χ3v) is 4.86. The van der Waals surface area contributed by atoms with E-state index in [-0.39, 0.29) is 5.91 Å². The molecule has 28 heavy (non-hydrogen) atoms. The number of carbonyl (C=O) groups is 2. The molecule has 3 aromatic carbocycles. The molecule has 0 aliphatic carbocycles. The van der Waals surface area contributed by atoms with Crippen LogP contribution in [0.5, 0.6) is 5.75 Å². The molecule has 0 aliphatic heterocycles. The zero-order valence-electron chi connectivity index (χ0n) is 14.4. The van der Waals surface area contributed by atoms with Gasteiger partial charge < -0.3 is 4.74 Å². The minimum atomic E-state index is -0.470. The van der Waals surface area contributed by atoms with Crippen molar-refractivity contribution >= 4 is 52.3 Å². The number of esters is 1. The molecule has 0 aliphatic rings. The standard InChI is InChI=1S/C21H14ClIN2O3/c22-16-9-7-15(8-10-16)21(27)28-17-11-5-14(6-12-17)13-24-25-20(26)18-3-1-2-4-19(18)23/h1-13H,(H,25,26). The fourth-order valence-electron chi connectivity index (χ4n) is 2.24. The van der Waals surface area contributed by atoms with Crippen LogP contribution in [0.1, 0.15) is 26.3 Å². The number of benzene rings is 3. The Balaban J connectivity index is 1.57. The summed E-state index contributed by atoms with van der Waals surface area (Å²) in [5, 5.41) is 4.51. The van der Waals surface area contributed by atoms with Gasteiger partial charge in [0.2, 0.25) is 0 Å². The summed E-state index contributed by atoms with van der Waals surface area (Å²) in [5.74, 6) is -0.349. The number of hydrazone groups is 1. The Hall–Kier alpha value is -2.71. The van der Waals surface area contributed by atoms with E-state index in [1.807, 2.05) is 12.1 Å². The summed E-state index contributed by atoms with van der Waals surface area (Å²) >= 11 is 7.90. The lowest BCUT2D eigenvalue weighted by Gasteiger charge is -2.05. The predicted molar refractivity (Wildman–Crippen MR) is 117 cm³/mol. The van der Waals surface area contributed by atoms with Gasteiger partial charge in [0.15, 0.2) is 0 Å². The molecule has 0 unspecified atom stereocenters. The van der Waals surface area contributed by atoms with Gasteiger partial charge in [-0.3, -0.25) is 4.79 Å². The minimum Gasteiger partial charge on any atom is -0.423 e. The van der Waals surface area contributed by atoms with Gasteiger partial charge >= 0.3 is 5.97 Å². The quantitative estimate of drug-likeness (QED) is 0.176. The smallest absolute Gasteiger partial charge is 0.343 e. The number of hydrogen-bond acceptors (Lipinski definition) is 4. The van der Waals surface area contributed by atoms with Crippen LogP contribution in [0.3, 0.4) is 0 Å². The monoisotopic (exact) mass is 504 g/mol. The van der Waals surface area contributed by atoms with Gasteiger partial charge in [0.05, 0.1) is 17.3 Å². The fourth-order valence-corrected chi connectivity index (χ4v) is 3.00. The molecule has 3 rings (SSSR count). The molecule has 0 atom stereocenters. The third-order valence-electron chi connectivity index (χ3n) is 3.67. The molecule has 0 radical (unpaired) electrons. The second-order valence-corrected chi connectivity index (χ2v) is 7.24. The van der Waals surface area contributed by atoms with E-state index in [1.165, 1.54) is 6.21 Å². The van der Waals surface area contributed by atoms with Crippen LogP contribution in [-0.4, -0.2) is 18.1 Å². The maximum absolute atomic E-state index is 12.1. The van der Waals surface area contributed by atoms with Gasteiger partial charge in [-0.2, -0.15) is 5.10 Å². The molecular weight excluding hydrogens is 491 g/mol. The number of carbonyl (C=O) groups excluding carboxylic acids is 2. The van der Waals surface area contributed by atoms with Crippen LogP contribution in [0.4, 0.5) is 0 Å². The van der Waals surface area contributed by atoms with Crippen molar-refractivity contribution in [1.82, 2.24) is 5.43 Å². The summed E-state index contributed by atoms with van der Waals surface area (Å²) in [6.07, 6.45) is 1.51. The van der Waals surface area contributed by atoms with E-state index >= 15 is 0 Å². The molecule has 0 bridgehead atoms. The van der Waals surface area contributed by atoms with Crippen molar-refractivity contribution < 1.29 is 14.3 Å². The number of hydrogen-bond donors (Lipinski definition) is 1. The van der Waals surface area contributed by atoms with Crippen LogP contribution in [-0.2, 0) is 0 Å². The van der Waals surface area contributed by atoms with Gasteiger partial charge in [0.1, 0.15) is 5.75 Å². The van der Waals surface area contributed by atoms with Gasteiger partial charge in [-0.05, 0) is 88.8 Å². The number of rotatable bonds is 5. The van der Waals surface area contributed by atoms with Gasteiger partial charge in [0, 0.05) is 8.59 Å². The Morgan fingerprint density at radius 1 is 0.964 bits per heavy atom. The van der Waals surface area contributed by atoms with E-state index in [1.54, 1.807) is 60.7 Å². The molecule has 1 amide bonds. The molecule has 140 valence electrons. The van der Waals surface area contributed by atoms with Crippen LogP contribution >= 0.6 is 34.2 Å². The Labute approximate surface area is 180 Å². The van der Waals surface area contributed by atoms with Crippen LogP contribution in [0.25, 0.3) is 0 Å². The second-order valence-electron chi connectivity index (χ2n) is 5.64. The van der Waals surface area contributed by atoms with E-state index in [0.29, 0.717) is 21.9 Å². The van der Waals surface area contributed by atoms with Gasteiger partial charge in [-0.1, -0.05) is 23.7 Å². The zero-order valence-corrected chi connectivity index (χ0v) is 17.3. The number of halogens is 2. The molecule has 0 fully saturated rings. The fraction of sp³-hybridized carbons (Fsp3) is 0. The minimum absolute atomic E-state index is 0.283. The maximum atomic E-state index is 12.1. The Morgan fingerprint density at radius 2 is 1.64 bits per heavy atom. The SMILES string of the molecule is O=C(Oc1ccc(C=NNC(=O)c2ccccc2I)cc1)c1ccc(Cl)cc1. The van der Waals surface area contributed by atoms with Crippen LogP contribution in [0.2, 0.25) is 5.02 Å². The summed E-state index contributed by atoms with van der Waals surface area (Å²) in [4.78, 5) is 24.2. The molecule has 0 heterocycles. The maximum Gasteiger partial charge on any atom is 0.343 e. The Bertz CT molecular complexity index is 1020. The third kappa shape index (κ3) is 5.40. The largest absolute Gasteiger partial charge is 0.423 e. The lowest BCUT2D eigenvalue weighted by Crippen LogP contribution is -2.18. The highest BCUT2D eigenvalue weighted by Crippen LogP contribution is 2.15. The molecule has 0 spiro atoms. The van der Waals surface area contributed by atoms with E-state index in [4.69, 9.17) is 16.3 Å². The normalized spacial score (nSPS) is 10.6. The van der Waals surface area contributed by atoms with Crippen molar-refractivity contribution in [3.05, 3.63) is 98.1 Å². The van der Waals surface area contributed by atoms with E-state index in [2.05, 4.69) is 33.1 Å². The first kappa shape index (κ1) is 20.0. The van der Waals surface area contributed by atoms with Gasteiger partial charge in [-0.25, -0.2) is 10.2 Å². The summed E-state index contributed by atoms with van der Waals surface area (Å²) in [6, 6.07) is 20.5. The molecule has 3 aromatic rings. The average Bonchev–Trinajstić information content (AvgIpc) is 2.70. The summed E-state index contributed by atoms with van der Waals surface area (Å²) in [5.41, 5.74) is 4.21. The van der Waals surface area contributed by atoms with E-state index in [0.717, 1.165) is 9.13 Å².